The van der Waals surface area contributed by atoms with Crippen molar-refractivity contribution in [1.29, 1.82) is 0 Å². The molecule has 0 aliphatic carbocycles. The minimum Gasteiger partial charge on any atom is -0.475 e. The molecule has 11 heteroatoms. The Morgan fingerprint density at radius 3 is 2.39 bits per heavy atom. The number of piperidine rings is 1. The number of amides is 2. The second kappa shape index (κ2) is 10.7. The van der Waals surface area contributed by atoms with Gasteiger partial charge in [0, 0.05) is 57.0 Å². The molecule has 2 aliphatic heterocycles. The van der Waals surface area contributed by atoms with E-state index in [4.69, 9.17) is 9.90 Å². The highest BCUT2D eigenvalue weighted by Crippen LogP contribution is 2.49. The highest BCUT2D eigenvalue weighted by Gasteiger charge is 2.56. The van der Waals surface area contributed by atoms with Crippen molar-refractivity contribution in [3.05, 3.63) is 53.9 Å². The normalized spacial score (nSPS) is 22.1. The fraction of sp³-hybridized carbons (Fsp3) is 0.520. The molecule has 1 N–H and O–H groups in total. The molecule has 2 atom stereocenters. The number of likely N-dealkylation sites (tertiary alicyclic amines) is 2. The Kier molecular flexibility index (Phi) is 8.10. The summed E-state index contributed by atoms with van der Waals surface area (Å²) < 4.78 is 33.7. The van der Waals surface area contributed by atoms with Crippen molar-refractivity contribution in [2.75, 3.05) is 19.6 Å². The van der Waals surface area contributed by atoms with Crippen LogP contribution in [0, 0.1) is 5.41 Å². The second-order valence-corrected chi connectivity index (χ2v) is 9.52. The Morgan fingerprint density at radius 2 is 1.83 bits per heavy atom. The van der Waals surface area contributed by atoms with Crippen LogP contribution >= 0.6 is 0 Å². The molecular weight excluding hydrogens is 477 g/mol. The predicted octanol–water partition coefficient (Wildman–Crippen LogP) is 3.85. The van der Waals surface area contributed by atoms with Crippen LogP contribution in [0.2, 0.25) is 0 Å². The number of benzene rings is 1. The lowest BCUT2D eigenvalue weighted by Crippen LogP contribution is -2.52. The maximum Gasteiger partial charge on any atom is 0.490 e. The number of carboxylic acids is 1. The molecule has 0 unspecified atom stereocenters. The summed E-state index contributed by atoms with van der Waals surface area (Å²) in [4.78, 5) is 38.9. The number of carbonyl (C=O) groups excluding carboxylic acids is 2. The summed E-state index contributed by atoms with van der Waals surface area (Å²) in [5.74, 6) is -2.57. The number of hydrogen-bond donors (Lipinski definition) is 1. The van der Waals surface area contributed by atoms with Crippen LogP contribution in [0.25, 0.3) is 0 Å². The van der Waals surface area contributed by atoms with Crippen molar-refractivity contribution in [1.82, 2.24) is 19.6 Å². The summed E-state index contributed by atoms with van der Waals surface area (Å²) in [6.45, 7) is 8.28. The van der Waals surface area contributed by atoms with Gasteiger partial charge in [-0.1, -0.05) is 30.3 Å². The van der Waals surface area contributed by atoms with Gasteiger partial charge in [0.2, 0.25) is 11.8 Å². The van der Waals surface area contributed by atoms with E-state index in [0.29, 0.717) is 19.6 Å². The zero-order chi connectivity index (χ0) is 26.7. The SMILES string of the molecule is CC(=O)N1C[C@@H](c2ccnn2C(C)C)[C@@]2(CCCN(Cc3ccccc3)C2=O)C1.O=C(O)C(F)(F)F. The third-order valence-electron chi connectivity index (χ3n) is 6.76. The molecule has 4 rings (SSSR count). The van der Waals surface area contributed by atoms with Gasteiger partial charge in [0.1, 0.15) is 0 Å². The van der Waals surface area contributed by atoms with E-state index in [1.165, 1.54) is 0 Å². The van der Waals surface area contributed by atoms with E-state index in [9.17, 15) is 22.8 Å². The summed E-state index contributed by atoms with van der Waals surface area (Å²) >= 11 is 0. The molecule has 0 radical (unpaired) electrons. The quantitative estimate of drug-likeness (QED) is 0.677. The average molecular weight is 509 g/mol. The van der Waals surface area contributed by atoms with Crippen LogP contribution in [0.4, 0.5) is 13.2 Å². The summed E-state index contributed by atoms with van der Waals surface area (Å²) in [5, 5.41) is 11.6. The van der Waals surface area contributed by atoms with Gasteiger partial charge in [-0.2, -0.15) is 18.3 Å². The van der Waals surface area contributed by atoms with Crippen molar-refractivity contribution in [3.8, 4) is 0 Å². The number of alkyl halides is 3. The summed E-state index contributed by atoms with van der Waals surface area (Å²) in [6.07, 6.45) is -1.50. The molecule has 36 heavy (non-hydrogen) atoms. The molecule has 2 amide bonds. The molecule has 2 aromatic rings. The van der Waals surface area contributed by atoms with Gasteiger partial charge < -0.3 is 14.9 Å². The average Bonchev–Trinajstić information content (AvgIpc) is 3.43. The lowest BCUT2D eigenvalue weighted by atomic mass is 9.70. The van der Waals surface area contributed by atoms with Gasteiger partial charge in [-0.05, 0) is 38.3 Å². The molecule has 0 bridgehead atoms. The molecule has 3 heterocycles. The van der Waals surface area contributed by atoms with Gasteiger partial charge in [-0.3, -0.25) is 14.3 Å². The largest absolute Gasteiger partial charge is 0.490 e. The van der Waals surface area contributed by atoms with E-state index < -0.39 is 17.6 Å². The topological polar surface area (TPSA) is 95.7 Å². The molecule has 2 saturated heterocycles. The van der Waals surface area contributed by atoms with Gasteiger partial charge in [0.15, 0.2) is 0 Å². The number of nitrogens with zero attached hydrogens (tertiary/aromatic N) is 4. The molecule has 2 fully saturated rings. The number of aliphatic carboxylic acids is 1. The van der Waals surface area contributed by atoms with Crippen LogP contribution in [0.1, 0.15) is 56.8 Å². The Bertz CT molecular complexity index is 1090. The molecule has 1 spiro atoms. The van der Waals surface area contributed by atoms with Gasteiger partial charge >= 0.3 is 12.1 Å². The molecule has 1 aromatic heterocycles. The van der Waals surface area contributed by atoms with Gasteiger partial charge in [0.05, 0.1) is 5.41 Å². The van der Waals surface area contributed by atoms with Crippen LogP contribution in [0.5, 0.6) is 0 Å². The van der Waals surface area contributed by atoms with E-state index in [1.54, 1.807) is 6.92 Å². The van der Waals surface area contributed by atoms with Crippen LogP contribution in [-0.2, 0) is 20.9 Å². The van der Waals surface area contributed by atoms with Crippen molar-refractivity contribution < 1.29 is 32.7 Å². The maximum atomic E-state index is 13.9. The molecular formula is C25H31F3N4O4. The van der Waals surface area contributed by atoms with Crippen LogP contribution in [0.15, 0.2) is 42.6 Å². The lowest BCUT2D eigenvalue weighted by molar-refractivity contribution is -0.192. The van der Waals surface area contributed by atoms with Crippen molar-refractivity contribution in [2.45, 2.75) is 58.3 Å². The molecule has 2 aliphatic rings. The Labute approximate surface area is 207 Å². The summed E-state index contributed by atoms with van der Waals surface area (Å²) in [5.41, 5.74) is 1.65. The highest BCUT2D eigenvalue weighted by atomic mass is 19.4. The van der Waals surface area contributed by atoms with Crippen LogP contribution in [0.3, 0.4) is 0 Å². The number of hydrogen-bond acceptors (Lipinski definition) is 4. The third-order valence-corrected chi connectivity index (χ3v) is 6.76. The monoisotopic (exact) mass is 508 g/mol. The van der Waals surface area contributed by atoms with E-state index in [-0.39, 0.29) is 23.8 Å². The minimum atomic E-state index is -5.08. The minimum absolute atomic E-state index is 0.0256. The molecule has 1 aromatic carbocycles. The Morgan fingerprint density at radius 1 is 1.19 bits per heavy atom. The van der Waals surface area contributed by atoms with E-state index >= 15 is 0 Å². The number of carbonyl (C=O) groups is 3. The highest BCUT2D eigenvalue weighted by molar-refractivity contribution is 5.87. The number of rotatable bonds is 4. The number of carboxylic acid groups (broad SMARTS) is 1. The van der Waals surface area contributed by atoms with E-state index in [0.717, 1.165) is 30.6 Å². The molecule has 8 nitrogen and oxygen atoms in total. The van der Waals surface area contributed by atoms with Crippen LogP contribution in [-0.4, -0.2) is 68.3 Å². The third kappa shape index (κ3) is 5.71. The maximum absolute atomic E-state index is 13.9. The zero-order valence-electron chi connectivity index (χ0n) is 20.5. The smallest absolute Gasteiger partial charge is 0.475 e. The van der Waals surface area contributed by atoms with Gasteiger partial charge in [-0.25, -0.2) is 4.79 Å². The van der Waals surface area contributed by atoms with E-state index in [1.807, 2.05) is 44.9 Å². The standard InChI is InChI=1S/C23H30N4O2.C2HF3O2/c1-17(2)27-21(10-12-24-27)20-15-26(18(3)28)16-23(20)11-7-13-25(22(23)29)14-19-8-5-4-6-9-19;3-2(4,5)1(6)7/h4-6,8-10,12,17,20H,7,11,13-16H2,1-3H3;(H,6,7)/t20-,23+;/m0./s1. The fourth-order valence-corrected chi connectivity index (χ4v) is 5.09. The summed E-state index contributed by atoms with van der Waals surface area (Å²) in [7, 11) is 0. The second-order valence-electron chi connectivity index (χ2n) is 9.52. The Balaban J connectivity index is 0.000000454. The number of aromatic nitrogens is 2. The van der Waals surface area contributed by atoms with Crippen LogP contribution < -0.4 is 0 Å². The lowest BCUT2D eigenvalue weighted by Gasteiger charge is -2.42. The summed E-state index contributed by atoms with van der Waals surface area (Å²) in [6, 6.07) is 12.4. The molecule has 196 valence electrons. The van der Waals surface area contributed by atoms with E-state index in [2.05, 4.69) is 31.1 Å². The fourth-order valence-electron chi connectivity index (χ4n) is 5.09. The first kappa shape index (κ1) is 27.2. The zero-order valence-corrected chi connectivity index (χ0v) is 20.5. The predicted molar refractivity (Wildman–Crippen MR) is 125 cm³/mol. The first-order valence-corrected chi connectivity index (χ1v) is 11.8. The first-order valence-electron chi connectivity index (χ1n) is 11.8. The van der Waals surface area contributed by atoms with Crippen molar-refractivity contribution in [2.24, 2.45) is 5.41 Å². The van der Waals surface area contributed by atoms with Crippen molar-refractivity contribution >= 4 is 17.8 Å². The Hall–Kier alpha value is -3.37. The van der Waals surface area contributed by atoms with Crippen molar-refractivity contribution in [3.63, 3.8) is 0 Å². The number of halogens is 3. The van der Waals surface area contributed by atoms with Gasteiger partial charge in [-0.15, -0.1) is 0 Å². The first-order chi connectivity index (χ1) is 16.9. The van der Waals surface area contributed by atoms with Gasteiger partial charge in [0.25, 0.3) is 0 Å². The molecule has 0 saturated carbocycles.